The lowest BCUT2D eigenvalue weighted by Gasteiger charge is -2.18. The number of nitrogens with one attached hydrogen (secondary N) is 4. The maximum Gasteiger partial charge on any atom is 0.293 e. The van der Waals surface area contributed by atoms with Crippen LogP contribution in [0.15, 0.2) is 76.0 Å². The first-order chi connectivity index (χ1) is 24.8. The van der Waals surface area contributed by atoms with Crippen LogP contribution in [0, 0.1) is 11.3 Å². The fraction of sp³-hybridized carbons (Fsp3) is 0.475. The standard InChI is InChI=1S/C16H18N2O2.C15H21ClN2O2.C5H10O2.C4H9N/c1-4-9-19-10-11(2)18-15-13-7-5-6-8-14(13)20-16(15)12(3)17;1-3-11(2)4-5-12(6-7-17-10-19)14-8-13(16)9-18-15(14)20;1-5(2,3)7-4-6;1-2-4-5-3-1/h4-8,17H,1,9-10H2,2-3H3;3,8-12H,1,4-7H2,2H3,(H,17,19)(H,18,20);4H,1-3H3;5H,1-4H2. The van der Waals surface area contributed by atoms with Gasteiger partial charge in [-0.25, -0.2) is 0 Å². The molecule has 12 heteroatoms. The summed E-state index contributed by atoms with van der Waals surface area (Å²) in [6.45, 7) is 23.0. The minimum atomic E-state index is -0.318. The number of hydrogen-bond acceptors (Lipinski definition) is 9. The van der Waals surface area contributed by atoms with Crippen LogP contribution in [0.5, 0.6) is 0 Å². The average molecular weight is 740 g/mol. The average Bonchev–Trinajstić information content (AvgIpc) is 3.80. The first-order valence-corrected chi connectivity index (χ1v) is 17.9. The molecule has 2 unspecified atom stereocenters. The van der Waals surface area contributed by atoms with Gasteiger partial charge in [0.2, 0.25) is 6.41 Å². The number of fused-ring (bicyclic) bond motifs is 1. The van der Waals surface area contributed by atoms with E-state index >= 15 is 0 Å². The number of benzene rings is 1. The van der Waals surface area contributed by atoms with Gasteiger partial charge in [-0.05, 0) is 110 Å². The first-order valence-electron chi connectivity index (χ1n) is 17.6. The molecule has 0 saturated carbocycles. The number of para-hydroxylation sites is 1. The largest absolute Gasteiger partial charge is 0.462 e. The number of pyridine rings is 1. The van der Waals surface area contributed by atoms with Crippen LogP contribution in [0.1, 0.15) is 90.9 Å². The van der Waals surface area contributed by atoms with Gasteiger partial charge < -0.3 is 34.9 Å². The highest BCUT2D eigenvalue weighted by Crippen LogP contribution is 2.33. The van der Waals surface area contributed by atoms with Crippen molar-refractivity contribution in [3.8, 4) is 0 Å². The van der Waals surface area contributed by atoms with Gasteiger partial charge in [0.15, 0.2) is 5.76 Å². The number of furan rings is 1. The second-order valence-electron chi connectivity index (χ2n) is 13.3. The number of halogens is 1. The van der Waals surface area contributed by atoms with Gasteiger partial charge in [0.25, 0.3) is 12.0 Å². The third-order valence-corrected chi connectivity index (χ3v) is 7.77. The zero-order valence-electron chi connectivity index (χ0n) is 31.7. The van der Waals surface area contributed by atoms with Crippen molar-refractivity contribution in [3.63, 3.8) is 0 Å². The maximum absolute atomic E-state index is 11.9. The van der Waals surface area contributed by atoms with E-state index in [0.29, 0.717) is 72.7 Å². The molecule has 1 aliphatic heterocycles. The second kappa shape index (κ2) is 25.6. The molecule has 2 aromatic heterocycles. The lowest BCUT2D eigenvalue weighted by atomic mass is 9.89. The molecule has 0 bridgehead atoms. The minimum absolute atomic E-state index is 0.0762. The van der Waals surface area contributed by atoms with Crippen LogP contribution >= 0.6 is 11.6 Å². The molecule has 4 N–H and O–H groups in total. The summed E-state index contributed by atoms with van der Waals surface area (Å²) in [6, 6.07) is 9.38. The van der Waals surface area contributed by atoms with Gasteiger partial charge in [0.05, 0.1) is 23.9 Å². The van der Waals surface area contributed by atoms with Crippen molar-refractivity contribution in [2.45, 2.75) is 85.2 Å². The lowest BCUT2D eigenvalue weighted by Crippen LogP contribution is -2.21. The molecule has 0 aliphatic carbocycles. The Morgan fingerprint density at radius 3 is 2.37 bits per heavy atom. The number of rotatable bonds is 16. The highest BCUT2D eigenvalue weighted by Gasteiger charge is 2.17. The van der Waals surface area contributed by atoms with E-state index in [0.717, 1.165) is 29.5 Å². The van der Waals surface area contributed by atoms with E-state index in [1.165, 1.54) is 32.1 Å². The van der Waals surface area contributed by atoms with Crippen LogP contribution in [-0.2, 0) is 19.1 Å². The molecule has 11 nitrogen and oxygen atoms in total. The topological polar surface area (TPSA) is 159 Å². The summed E-state index contributed by atoms with van der Waals surface area (Å²) in [4.78, 5) is 39.1. The third-order valence-electron chi connectivity index (χ3n) is 7.55. The van der Waals surface area contributed by atoms with Crippen LogP contribution in [0.2, 0.25) is 5.02 Å². The van der Waals surface area contributed by atoms with Crippen molar-refractivity contribution in [3.05, 3.63) is 88.5 Å². The van der Waals surface area contributed by atoms with E-state index in [4.69, 9.17) is 26.2 Å². The molecule has 286 valence electrons. The lowest BCUT2D eigenvalue weighted by molar-refractivity contribution is -0.138. The van der Waals surface area contributed by atoms with Crippen molar-refractivity contribution in [2.24, 2.45) is 10.9 Å². The fourth-order valence-corrected chi connectivity index (χ4v) is 4.98. The van der Waals surface area contributed by atoms with Gasteiger partial charge in [-0.1, -0.05) is 42.8 Å². The molecular weight excluding hydrogens is 682 g/mol. The number of amides is 1. The van der Waals surface area contributed by atoms with Gasteiger partial charge in [-0.15, -0.1) is 13.2 Å². The Morgan fingerprint density at radius 2 is 1.83 bits per heavy atom. The van der Waals surface area contributed by atoms with Crippen LogP contribution in [-0.4, -0.2) is 67.7 Å². The highest BCUT2D eigenvalue weighted by atomic mass is 35.5. The minimum Gasteiger partial charge on any atom is -0.462 e. The fourth-order valence-electron chi connectivity index (χ4n) is 4.81. The molecule has 52 heavy (non-hydrogen) atoms. The molecule has 3 heterocycles. The van der Waals surface area contributed by atoms with E-state index in [9.17, 15) is 14.4 Å². The summed E-state index contributed by atoms with van der Waals surface area (Å²) in [7, 11) is 0. The molecule has 2 atom stereocenters. The summed E-state index contributed by atoms with van der Waals surface area (Å²) in [5.41, 5.74) is 2.89. The maximum atomic E-state index is 11.9. The Morgan fingerprint density at radius 1 is 1.13 bits per heavy atom. The van der Waals surface area contributed by atoms with Gasteiger partial charge in [0, 0.05) is 29.4 Å². The van der Waals surface area contributed by atoms with Crippen molar-refractivity contribution < 1.29 is 23.5 Å². The van der Waals surface area contributed by atoms with Crippen LogP contribution < -0.4 is 16.2 Å². The third kappa shape index (κ3) is 18.8. The summed E-state index contributed by atoms with van der Waals surface area (Å²) >= 11 is 5.95. The number of aliphatic imine (C=N–C) groups is 1. The molecule has 4 rings (SSSR count). The predicted octanol–water partition coefficient (Wildman–Crippen LogP) is 8.29. The highest BCUT2D eigenvalue weighted by molar-refractivity contribution is 6.30. The van der Waals surface area contributed by atoms with Gasteiger partial charge >= 0.3 is 0 Å². The van der Waals surface area contributed by atoms with E-state index < -0.39 is 0 Å². The van der Waals surface area contributed by atoms with Crippen LogP contribution in [0.3, 0.4) is 0 Å². The Labute approximate surface area is 313 Å². The molecule has 3 aromatic rings. The predicted molar refractivity (Wildman–Crippen MR) is 214 cm³/mol. The summed E-state index contributed by atoms with van der Waals surface area (Å²) in [5, 5.41) is 15.1. The molecule has 1 fully saturated rings. The molecule has 1 amide bonds. The number of hydrogen-bond donors (Lipinski definition) is 4. The number of carbonyl (C=O) groups is 2. The Balaban J connectivity index is 0.000000395. The molecule has 0 spiro atoms. The number of ether oxygens (including phenoxy) is 2. The number of aromatic amines is 1. The zero-order valence-corrected chi connectivity index (χ0v) is 32.4. The normalized spacial score (nSPS) is 13.5. The molecule has 0 radical (unpaired) electrons. The molecule has 1 aromatic carbocycles. The molecular formula is C40H58ClN5O6. The summed E-state index contributed by atoms with van der Waals surface area (Å²) in [5.74, 6) is 0.983. The van der Waals surface area contributed by atoms with Gasteiger partial charge in [-0.3, -0.25) is 19.4 Å². The monoisotopic (exact) mass is 739 g/mol. The smallest absolute Gasteiger partial charge is 0.293 e. The van der Waals surface area contributed by atoms with E-state index in [2.05, 4.69) is 45.4 Å². The SMILES string of the molecule is C1CCNC1.C=CC(C)CCC(CCNC=O)c1cc(Cl)c[nH]c1=O.C=CCOCC(C)=Nc1c(C(C)=N)oc2ccccc12.CC(C)(C)OC=O. The Hall–Kier alpha value is -4.32. The van der Waals surface area contributed by atoms with Gasteiger partial charge in [-0.2, -0.15) is 0 Å². The van der Waals surface area contributed by atoms with Crippen molar-refractivity contribution in [1.29, 1.82) is 5.41 Å². The number of H-pyrrole nitrogens is 1. The van der Waals surface area contributed by atoms with Crippen molar-refractivity contribution in [2.75, 3.05) is 32.8 Å². The number of aromatic nitrogens is 1. The van der Waals surface area contributed by atoms with Crippen LogP contribution in [0.4, 0.5) is 5.69 Å². The van der Waals surface area contributed by atoms with E-state index in [1.807, 2.05) is 58.0 Å². The van der Waals surface area contributed by atoms with E-state index in [1.54, 1.807) is 19.1 Å². The van der Waals surface area contributed by atoms with Crippen molar-refractivity contribution >= 4 is 52.6 Å². The number of carbonyl (C=O) groups excluding carboxylic acids is 2. The quantitative estimate of drug-likeness (QED) is 0.0498. The first kappa shape index (κ1) is 45.7. The van der Waals surface area contributed by atoms with Crippen LogP contribution in [0.25, 0.3) is 11.0 Å². The van der Waals surface area contributed by atoms with Gasteiger partial charge in [0.1, 0.15) is 16.9 Å². The second-order valence-corrected chi connectivity index (χ2v) is 13.7. The zero-order chi connectivity index (χ0) is 38.9. The number of nitrogens with zero attached hydrogens (tertiary/aromatic N) is 1. The Kier molecular flexibility index (Phi) is 22.5. The number of allylic oxidation sites excluding steroid dienone is 1. The summed E-state index contributed by atoms with van der Waals surface area (Å²) < 4.78 is 15.6. The Bertz CT molecular complexity index is 1610. The molecule has 1 aliphatic rings. The summed E-state index contributed by atoms with van der Waals surface area (Å²) in [6.07, 6.45) is 11.1. The molecule has 1 saturated heterocycles. The van der Waals surface area contributed by atoms with E-state index in [-0.39, 0.29) is 17.1 Å². The van der Waals surface area contributed by atoms with Crippen molar-refractivity contribution in [1.82, 2.24) is 15.6 Å².